The molecule has 27 heavy (non-hydrogen) atoms. The van der Waals surface area contributed by atoms with Crippen LogP contribution in [0.1, 0.15) is 48.3 Å². The van der Waals surface area contributed by atoms with Crippen LogP contribution in [0.15, 0.2) is 54.6 Å². The number of fused-ring (bicyclic) bond motifs is 2. The smallest absolute Gasteiger partial charge is 0.314 e. The fourth-order valence-corrected chi connectivity index (χ4v) is 4.69. The lowest BCUT2D eigenvalue weighted by molar-refractivity contribution is -0.154. The highest BCUT2D eigenvalue weighted by atomic mass is 16.5. The van der Waals surface area contributed by atoms with E-state index in [-0.39, 0.29) is 18.0 Å². The molecule has 2 aliphatic rings. The van der Waals surface area contributed by atoms with Gasteiger partial charge in [0.05, 0.1) is 5.92 Å². The summed E-state index contributed by atoms with van der Waals surface area (Å²) in [5.74, 6) is -0.318. The molecule has 2 fully saturated rings. The van der Waals surface area contributed by atoms with Crippen molar-refractivity contribution in [2.24, 2.45) is 0 Å². The van der Waals surface area contributed by atoms with Gasteiger partial charge in [-0.15, -0.1) is 0 Å². The monoisotopic (exact) mass is 363 g/mol. The Balaban J connectivity index is 1.49. The first-order chi connectivity index (χ1) is 13.1. The number of carbonyl (C=O) groups excluding carboxylic acids is 1. The van der Waals surface area contributed by atoms with Crippen LogP contribution < -0.4 is 0 Å². The summed E-state index contributed by atoms with van der Waals surface area (Å²) in [4.78, 5) is 15.6. The van der Waals surface area contributed by atoms with Gasteiger partial charge < -0.3 is 9.64 Å². The lowest BCUT2D eigenvalue weighted by Gasteiger charge is -2.36. The van der Waals surface area contributed by atoms with Crippen molar-refractivity contribution in [3.8, 4) is 0 Å². The predicted octanol–water partition coefficient (Wildman–Crippen LogP) is 4.49. The Bertz CT molecular complexity index is 757. The summed E-state index contributed by atoms with van der Waals surface area (Å²) in [6, 6.07) is 19.7. The molecule has 2 aromatic carbocycles. The van der Waals surface area contributed by atoms with Crippen molar-refractivity contribution in [1.29, 1.82) is 0 Å². The third-order valence-electron chi connectivity index (χ3n) is 6.38. The molecular formula is C24H29NO2. The zero-order valence-electron chi connectivity index (χ0n) is 16.3. The molecule has 0 N–H and O–H groups in total. The molecular weight excluding hydrogens is 334 g/mol. The minimum atomic E-state index is -0.244. The molecule has 0 aliphatic carbocycles. The Labute approximate surface area is 162 Å². The van der Waals surface area contributed by atoms with Crippen molar-refractivity contribution in [2.45, 2.75) is 63.1 Å². The van der Waals surface area contributed by atoms with Gasteiger partial charge in [0.15, 0.2) is 0 Å². The van der Waals surface area contributed by atoms with Crippen molar-refractivity contribution < 1.29 is 9.53 Å². The van der Waals surface area contributed by atoms with Gasteiger partial charge in [-0.2, -0.15) is 0 Å². The molecule has 2 saturated heterocycles. The molecule has 3 nitrogen and oxygen atoms in total. The van der Waals surface area contributed by atoms with E-state index in [1.165, 1.54) is 24.0 Å². The van der Waals surface area contributed by atoms with E-state index in [1.54, 1.807) is 0 Å². The summed E-state index contributed by atoms with van der Waals surface area (Å²) >= 11 is 0. The Hall–Kier alpha value is -2.13. The Morgan fingerprint density at radius 3 is 2.30 bits per heavy atom. The minimum absolute atomic E-state index is 0.0652. The topological polar surface area (TPSA) is 29.5 Å². The maximum atomic E-state index is 13.2. The number of hydrogen-bond acceptors (Lipinski definition) is 3. The summed E-state index contributed by atoms with van der Waals surface area (Å²) in [6.07, 6.45) is 5.18. The van der Waals surface area contributed by atoms with Gasteiger partial charge in [0.1, 0.15) is 6.10 Å². The van der Waals surface area contributed by atoms with E-state index >= 15 is 0 Å². The second kappa shape index (κ2) is 7.85. The van der Waals surface area contributed by atoms with E-state index in [9.17, 15) is 4.79 Å². The van der Waals surface area contributed by atoms with Crippen LogP contribution >= 0.6 is 0 Å². The van der Waals surface area contributed by atoms with E-state index < -0.39 is 0 Å². The number of aryl methyl sites for hydroxylation is 1. The third-order valence-corrected chi connectivity index (χ3v) is 6.38. The molecule has 2 unspecified atom stereocenters. The van der Waals surface area contributed by atoms with Gasteiger partial charge in [0.25, 0.3) is 0 Å². The number of carbonyl (C=O) groups is 1. The summed E-state index contributed by atoms with van der Waals surface area (Å²) in [5, 5.41) is 0. The zero-order valence-corrected chi connectivity index (χ0v) is 16.3. The maximum Gasteiger partial charge on any atom is 0.314 e. The number of benzene rings is 2. The van der Waals surface area contributed by atoms with Crippen LogP contribution in [0.2, 0.25) is 0 Å². The molecule has 2 bridgehead atoms. The molecule has 4 rings (SSSR count). The Morgan fingerprint density at radius 1 is 1.04 bits per heavy atom. The molecule has 2 heterocycles. The van der Waals surface area contributed by atoms with Crippen LogP contribution in [0.25, 0.3) is 0 Å². The normalized spacial score (nSPS) is 25.9. The van der Waals surface area contributed by atoms with Crippen LogP contribution in [-0.4, -0.2) is 36.1 Å². The van der Waals surface area contributed by atoms with Crippen molar-refractivity contribution in [2.75, 3.05) is 7.05 Å². The van der Waals surface area contributed by atoms with Gasteiger partial charge in [0, 0.05) is 12.1 Å². The van der Waals surface area contributed by atoms with Crippen molar-refractivity contribution >= 4 is 5.97 Å². The number of ether oxygens (including phenoxy) is 1. The summed E-state index contributed by atoms with van der Waals surface area (Å²) in [7, 11) is 2.21. The first-order valence-electron chi connectivity index (χ1n) is 10.1. The lowest BCUT2D eigenvalue weighted by atomic mass is 9.91. The van der Waals surface area contributed by atoms with Crippen molar-refractivity contribution in [3.05, 3.63) is 71.3 Å². The van der Waals surface area contributed by atoms with E-state index in [0.717, 1.165) is 18.4 Å². The van der Waals surface area contributed by atoms with Gasteiger partial charge in [-0.3, -0.25) is 4.79 Å². The largest absolute Gasteiger partial charge is 0.462 e. The third kappa shape index (κ3) is 4.08. The fourth-order valence-electron chi connectivity index (χ4n) is 4.69. The molecule has 0 amide bonds. The summed E-state index contributed by atoms with van der Waals surface area (Å²) in [5.41, 5.74) is 3.45. The Morgan fingerprint density at radius 2 is 1.67 bits per heavy atom. The van der Waals surface area contributed by atoms with Gasteiger partial charge >= 0.3 is 5.97 Å². The molecule has 0 aromatic heterocycles. The standard InChI is InChI=1S/C24H29NO2/c1-17-8-10-18(11-9-17)14-23(19-6-4-3-5-7-19)24(26)27-22-15-20-12-13-21(16-22)25(20)2/h3-11,20-23H,12-16H2,1-2H3/t20-,21+,22?,23?. The second-order valence-corrected chi connectivity index (χ2v) is 8.23. The van der Waals surface area contributed by atoms with Crippen LogP contribution in [0.4, 0.5) is 0 Å². The first-order valence-corrected chi connectivity index (χ1v) is 10.1. The van der Waals surface area contributed by atoms with Gasteiger partial charge in [0.2, 0.25) is 0 Å². The maximum absolute atomic E-state index is 13.2. The van der Waals surface area contributed by atoms with Crippen LogP contribution in [0.5, 0.6) is 0 Å². The number of hydrogen-bond donors (Lipinski definition) is 0. The second-order valence-electron chi connectivity index (χ2n) is 8.23. The average Bonchev–Trinajstić information content (AvgIpc) is 2.89. The molecule has 2 aliphatic heterocycles. The highest BCUT2D eigenvalue weighted by Gasteiger charge is 2.40. The van der Waals surface area contributed by atoms with E-state index in [2.05, 4.69) is 43.1 Å². The van der Waals surface area contributed by atoms with Crippen LogP contribution in [0, 0.1) is 6.92 Å². The van der Waals surface area contributed by atoms with Gasteiger partial charge in [-0.05, 0) is 57.2 Å². The van der Waals surface area contributed by atoms with E-state index in [4.69, 9.17) is 4.74 Å². The minimum Gasteiger partial charge on any atom is -0.462 e. The van der Waals surface area contributed by atoms with Gasteiger partial charge in [-0.25, -0.2) is 0 Å². The van der Waals surface area contributed by atoms with E-state index in [0.29, 0.717) is 18.5 Å². The number of nitrogens with zero attached hydrogens (tertiary/aromatic N) is 1. The predicted molar refractivity (Wildman–Crippen MR) is 108 cm³/mol. The SMILES string of the molecule is Cc1ccc(CC(C(=O)OC2C[C@H]3CC[C@@H](C2)N3C)c2ccccc2)cc1. The fraction of sp³-hybridized carbons (Fsp3) is 0.458. The molecule has 0 radical (unpaired) electrons. The summed E-state index contributed by atoms with van der Waals surface area (Å²) < 4.78 is 6.07. The lowest BCUT2D eigenvalue weighted by Crippen LogP contribution is -2.43. The molecule has 3 heteroatoms. The molecule has 0 saturated carbocycles. The van der Waals surface area contributed by atoms with Crippen LogP contribution in [-0.2, 0) is 16.0 Å². The van der Waals surface area contributed by atoms with Crippen molar-refractivity contribution in [1.82, 2.24) is 4.90 Å². The number of piperidine rings is 1. The molecule has 4 atom stereocenters. The highest BCUT2D eigenvalue weighted by Crippen LogP contribution is 2.36. The average molecular weight is 364 g/mol. The Kier molecular flexibility index (Phi) is 5.31. The van der Waals surface area contributed by atoms with E-state index in [1.807, 2.05) is 30.3 Å². The quantitative estimate of drug-likeness (QED) is 0.733. The number of esters is 1. The molecule has 142 valence electrons. The summed E-state index contributed by atoms with van der Waals surface area (Å²) in [6.45, 7) is 2.08. The first kappa shape index (κ1) is 18.2. The van der Waals surface area contributed by atoms with Gasteiger partial charge in [-0.1, -0.05) is 60.2 Å². The molecule has 0 spiro atoms. The highest BCUT2D eigenvalue weighted by molar-refractivity contribution is 5.78. The van der Waals surface area contributed by atoms with Crippen LogP contribution in [0.3, 0.4) is 0 Å². The van der Waals surface area contributed by atoms with Crippen molar-refractivity contribution in [3.63, 3.8) is 0 Å². The number of rotatable bonds is 5. The molecule has 2 aromatic rings. The zero-order chi connectivity index (χ0) is 18.8.